The van der Waals surface area contributed by atoms with Crippen LogP contribution in [0.5, 0.6) is 11.5 Å². The van der Waals surface area contributed by atoms with Crippen LogP contribution >= 0.6 is 0 Å². The van der Waals surface area contributed by atoms with Crippen molar-refractivity contribution in [3.63, 3.8) is 0 Å². The Morgan fingerprint density at radius 3 is 2.54 bits per heavy atom. The maximum Gasteiger partial charge on any atom is 0.233 e. The van der Waals surface area contributed by atoms with E-state index in [9.17, 15) is 4.79 Å². The molecule has 1 aromatic rings. The van der Waals surface area contributed by atoms with Crippen LogP contribution in [0.25, 0.3) is 0 Å². The first-order valence-electron chi connectivity index (χ1n) is 8.68. The highest BCUT2D eigenvalue weighted by Crippen LogP contribution is 2.34. The summed E-state index contributed by atoms with van der Waals surface area (Å²) in [6.07, 6.45) is 0.864. The predicted molar refractivity (Wildman–Crippen MR) is 88.0 cm³/mol. The molecule has 0 N–H and O–H groups in total. The van der Waals surface area contributed by atoms with Crippen molar-refractivity contribution in [2.24, 2.45) is 5.41 Å². The molecular weight excluding hydrogens is 308 g/mol. The summed E-state index contributed by atoms with van der Waals surface area (Å²) in [5, 5.41) is 0. The van der Waals surface area contributed by atoms with Gasteiger partial charge in [0.1, 0.15) is 0 Å². The minimum absolute atomic E-state index is 0.251. The third kappa shape index (κ3) is 2.74. The molecule has 3 heterocycles. The van der Waals surface area contributed by atoms with E-state index in [-0.39, 0.29) is 11.3 Å². The van der Waals surface area contributed by atoms with Crippen molar-refractivity contribution in [1.82, 2.24) is 9.80 Å². The van der Waals surface area contributed by atoms with Gasteiger partial charge in [-0.25, -0.2) is 0 Å². The normalized spacial score (nSPS) is 22.3. The Kier molecular flexibility index (Phi) is 4.10. The van der Waals surface area contributed by atoms with Gasteiger partial charge in [0.15, 0.2) is 11.5 Å². The Labute approximate surface area is 142 Å². The minimum atomic E-state index is -0.251. The first-order chi connectivity index (χ1) is 11.7. The highest BCUT2D eigenvalue weighted by molar-refractivity contribution is 5.84. The summed E-state index contributed by atoms with van der Waals surface area (Å²) in [7, 11) is 0. The van der Waals surface area contributed by atoms with Gasteiger partial charge >= 0.3 is 0 Å². The summed E-state index contributed by atoms with van der Waals surface area (Å²) in [4.78, 5) is 17.1. The molecule has 3 aliphatic heterocycles. The fraction of sp³-hybridized carbons (Fsp3) is 0.611. The SMILES string of the molecule is CCC1(C(=O)N2CCN(Cc3ccc4c(c3)OCO4)CC2)COC1. The zero-order chi connectivity index (χ0) is 16.6. The van der Waals surface area contributed by atoms with Crippen molar-refractivity contribution < 1.29 is 19.0 Å². The average molecular weight is 332 g/mol. The van der Waals surface area contributed by atoms with Crippen molar-refractivity contribution in [3.05, 3.63) is 23.8 Å². The second-order valence-electron chi connectivity index (χ2n) is 6.88. The van der Waals surface area contributed by atoms with Gasteiger partial charge in [0.05, 0.1) is 18.6 Å². The molecule has 0 saturated carbocycles. The van der Waals surface area contributed by atoms with E-state index in [0.29, 0.717) is 20.0 Å². The molecule has 4 rings (SSSR count). The average Bonchev–Trinajstić information content (AvgIpc) is 3.03. The molecule has 3 aliphatic rings. The Morgan fingerprint density at radius 2 is 1.88 bits per heavy atom. The molecule has 1 amide bonds. The van der Waals surface area contributed by atoms with E-state index in [0.717, 1.165) is 50.6 Å². The third-order valence-electron chi connectivity index (χ3n) is 5.39. The van der Waals surface area contributed by atoms with Crippen LogP contribution in [0.4, 0.5) is 0 Å². The molecule has 6 heteroatoms. The van der Waals surface area contributed by atoms with Crippen LogP contribution in [0.1, 0.15) is 18.9 Å². The van der Waals surface area contributed by atoms with Gasteiger partial charge in [0.25, 0.3) is 0 Å². The second-order valence-corrected chi connectivity index (χ2v) is 6.88. The first kappa shape index (κ1) is 15.7. The first-order valence-corrected chi connectivity index (χ1v) is 8.68. The number of amides is 1. The lowest BCUT2D eigenvalue weighted by Crippen LogP contribution is -2.58. The zero-order valence-electron chi connectivity index (χ0n) is 14.1. The van der Waals surface area contributed by atoms with E-state index in [1.165, 1.54) is 5.56 Å². The number of nitrogens with zero attached hydrogens (tertiary/aromatic N) is 2. The number of rotatable bonds is 4. The van der Waals surface area contributed by atoms with Gasteiger partial charge in [-0.3, -0.25) is 9.69 Å². The molecule has 6 nitrogen and oxygen atoms in total. The molecule has 1 aromatic carbocycles. The molecule has 0 atom stereocenters. The molecular formula is C18H24N2O4. The van der Waals surface area contributed by atoms with E-state index < -0.39 is 0 Å². The molecule has 0 spiro atoms. The Morgan fingerprint density at radius 1 is 1.12 bits per heavy atom. The van der Waals surface area contributed by atoms with Crippen molar-refractivity contribution >= 4 is 5.91 Å². The number of ether oxygens (including phenoxy) is 3. The van der Waals surface area contributed by atoms with Crippen molar-refractivity contribution in [2.75, 3.05) is 46.2 Å². The number of benzene rings is 1. The molecule has 2 saturated heterocycles. The summed E-state index contributed by atoms with van der Waals surface area (Å²) in [5.41, 5.74) is 0.968. The van der Waals surface area contributed by atoms with Crippen LogP contribution in [0, 0.1) is 5.41 Å². The molecule has 0 unspecified atom stereocenters. The van der Waals surface area contributed by atoms with Crippen molar-refractivity contribution in [2.45, 2.75) is 19.9 Å². The summed E-state index contributed by atoms with van der Waals surface area (Å²) in [5.74, 6) is 1.93. The fourth-order valence-corrected chi connectivity index (χ4v) is 3.57. The smallest absolute Gasteiger partial charge is 0.233 e. The van der Waals surface area contributed by atoms with Crippen molar-refractivity contribution in [3.8, 4) is 11.5 Å². The van der Waals surface area contributed by atoms with Crippen molar-refractivity contribution in [1.29, 1.82) is 0 Å². The fourth-order valence-electron chi connectivity index (χ4n) is 3.57. The lowest BCUT2D eigenvalue weighted by molar-refractivity contribution is -0.174. The van der Waals surface area contributed by atoms with Crippen LogP contribution in [-0.2, 0) is 16.1 Å². The lowest BCUT2D eigenvalue weighted by atomic mass is 9.81. The minimum Gasteiger partial charge on any atom is -0.454 e. The summed E-state index contributed by atoms with van der Waals surface area (Å²) >= 11 is 0. The van der Waals surface area contributed by atoms with Crippen LogP contribution in [0.3, 0.4) is 0 Å². The maximum atomic E-state index is 12.7. The van der Waals surface area contributed by atoms with Gasteiger partial charge in [-0.15, -0.1) is 0 Å². The maximum absolute atomic E-state index is 12.7. The molecule has 0 bridgehead atoms. The predicted octanol–water partition coefficient (Wildman–Crippen LogP) is 1.49. The largest absolute Gasteiger partial charge is 0.454 e. The monoisotopic (exact) mass is 332 g/mol. The van der Waals surface area contributed by atoms with E-state index in [1.807, 2.05) is 11.0 Å². The van der Waals surface area contributed by atoms with Crippen LogP contribution in [-0.4, -0.2) is 61.9 Å². The molecule has 0 radical (unpaired) electrons. The van der Waals surface area contributed by atoms with E-state index >= 15 is 0 Å². The molecule has 24 heavy (non-hydrogen) atoms. The van der Waals surface area contributed by atoms with Gasteiger partial charge in [-0.2, -0.15) is 0 Å². The van der Waals surface area contributed by atoms with Gasteiger partial charge in [-0.1, -0.05) is 13.0 Å². The molecule has 2 fully saturated rings. The van der Waals surface area contributed by atoms with E-state index in [4.69, 9.17) is 14.2 Å². The number of hydrogen-bond donors (Lipinski definition) is 0. The van der Waals surface area contributed by atoms with E-state index in [2.05, 4.69) is 24.0 Å². The number of carbonyl (C=O) groups is 1. The molecule has 130 valence electrons. The quantitative estimate of drug-likeness (QED) is 0.836. The topological polar surface area (TPSA) is 51.2 Å². The van der Waals surface area contributed by atoms with E-state index in [1.54, 1.807) is 0 Å². The summed E-state index contributed by atoms with van der Waals surface area (Å²) < 4.78 is 16.1. The number of piperazine rings is 1. The van der Waals surface area contributed by atoms with Gasteiger partial charge in [0.2, 0.25) is 12.7 Å². The second kappa shape index (κ2) is 6.26. The van der Waals surface area contributed by atoms with Crippen LogP contribution in [0.2, 0.25) is 0 Å². The number of hydrogen-bond acceptors (Lipinski definition) is 5. The Hall–Kier alpha value is -1.79. The standard InChI is InChI=1S/C18H24N2O4/c1-2-18(11-22-12-18)17(21)20-7-5-19(6-8-20)10-14-3-4-15-16(9-14)24-13-23-15/h3-4,9H,2,5-8,10-13H2,1H3. The third-order valence-corrected chi connectivity index (χ3v) is 5.39. The number of fused-ring (bicyclic) bond motifs is 1. The van der Waals surface area contributed by atoms with Gasteiger partial charge in [0, 0.05) is 32.7 Å². The number of carbonyl (C=O) groups excluding carboxylic acids is 1. The Balaban J connectivity index is 1.32. The van der Waals surface area contributed by atoms with Crippen LogP contribution in [0.15, 0.2) is 18.2 Å². The Bertz CT molecular complexity index is 616. The lowest BCUT2D eigenvalue weighted by Gasteiger charge is -2.44. The van der Waals surface area contributed by atoms with Gasteiger partial charge in [-0.05, 0) is 24.1 Å². The summed E-state index contributed by atoms with van der Waals surface area (Å²) in [6.45, 7) is 7.83. The highest BCUT2D eigenvalue weighted by Gasteiger charge is 2.46. The van der Waals surface area contributed by atoms with Gasteiger partial charge < -0.3 is 19.1 Å². The van der Waals surface area contributed by atoms with Crippen LogP contribution < -0.4 is 9.47 Å². The molecule has 0 aromatic heterocycles. The highest BCUT2D eigenvalue weighted by atomic mass is 16.7. The zero-order valence-corrected chi connectivity index (χ0v) is 14.1. The summed E-state index contributed by atoms with van der Waals surface area (Å²) in [6, 6.07) is 6.11. The molecule has 0 aliphatic carbocycles.